The predicted octanol–water partition coefficient (Wildman–Crippen LogP) is 13.8. The van der Waals surface area contributed by atoms with Gasteiger partial charge in [-0.2, -0.15) is 0 Å². The Morgan fingerprint density at radius 3 is 1.90 bits per heavy atom. The molecule has 4 heterocycles. The maximum atomic E-state index is 6.69. The lowest BCUT2D eigenvalue weighted by atomic mass is 10.0. The Morgan fingerprint density at radius 1 is 0.404 bits per heavy atom. The van der Waals surface area contributed by atoms with Gasteiger partial charge in [0.25, 0.3) is 0 Å². The Kier molecular flexibility index (Phi) is 5.65. The summed E-state index contributed by atoms with van der Waals surface area (Å²) < 4.78 is 14.2. The molecule has 0 N–H and O–H groups in total. The first-order chi connectivity index (χ1) is 25.8. The van der Waals surface area contributed by atoms with Crippen LogP contribution in [0.2, 0.25) is 0 Å². The van der Waals surface area contributed by atoms with Gasteiger partial charge >= 0.3 is 0 Å². The number of fused-ring (bicyclic) bond motifs is 13. The molecule has 0 radical (unpaired) electrons. The van der Waals surface area contributed by atoms with E-state index in [-0.39, 0.29) is 0 Å². The smallest absolute Gasteiger partial charge is 0.145 e. The summed E-state index contributed by atoms with van der Waals surface area (Å²) in [5, 5.41) is 9.71. The molecule has 0 atom stereocenters. The van der Waals surface area contributed by atoms with E-state index in [0.717, 1.165) is 49.7 Å². The molecule has 0 aliphatic carbocycles. The second-order valence-electron chi connectivity index (χ2n) is 13.7. The molecule has 3 nitrogen and oxygen atoms in total. The van der Waals surface area contributed by atoms with Gasteiger partial charge in [0, 0.05) is 58.5 Å². The lowest BCUT2D eigenvalue weighted by Gasteiger charge is -2.13. The van der Waals surface area contributed by atoms with Crippen molar-refractivity contribution in [3.63, 3.8) is 0 Å². The minimum Gasteiger partial charge on any atom is -0.455 e. The Labute approximate surface area is 301 Å². The van der Waals surface area contributed by atoms with Crippen molar-refractivity contribution in [1.29, 1.82) is 0 Å². The number of hydrogen-bond donors (Lipinski definition) is 0. The molecule has 242 valence electrons. The average molecular weight is 681 g/mol. The number of thiophene rings is 1. The lowest BCUT2D eigenvalue weighted by molar-refractivity contribution is 0.673. The summed E-state index contributed by atoms with van der Waals surface area (Å²) >= 11 is 1.88. The van der Waals surface area contributed by atoms with Gasteiger partial charge in [-0.3, -0.25) is 0 Å². The zero-order chi connectivity index (χ0) is 33.9. The first kappa shape index (κ1) is 28.1. The third-order valence-electron chi connectivity index (χ3n) is 10.9. The molecule has 0 saturated carbocycles. The molecule has 0 spiro atoms. The van der Waals surface area contributed by atoms with E-state index in [1.165, 1.54) is 58.5 Å². The van der Waals surface area contributed by atoms with Gasteiger partial charge in [-0.15, -0.1) is 11.3 Å². The van der Waals surface area contributed by atoms with E-state index in [1.807, 2.05) is 17.4 Å². The van der Waals surface area contributed by atoms with E-state index in [0.29, 0.717) is 0 Å². The highest BCUT2D eigenvalue weighted by Gasteiger charge is 2.21. The zero-order valence-electron chi connectivity index (χ0n) is 27.9. The van der Waals surface area contributed by atoms with Crippen LogP contribution in [0.3, 0.4) is 0 Å². The fourth-order valence-electron chi connectivity index (χ4n) is 8.68. The number of benzene rings is 8. The second-order valence-corrected chi connectivity index (χ2v) is 14.7. The summed E-state index contributed by atoms with van der Waals surface area (Å²) in [5.74, 6) is 0. The monoisotopic (exact) mass is 680 g/mol. The summed E-state index contributed by atoms with van der Waals surface area (Å²) in [4.78, 5) is 0. The third-order valence-corrected chi connectivity index (χ3v) is 12.1. The van der Waals surface area contributed by atoms with Crippen LogP contribution in [0, 0.1) is 0 Å². The van der Waals surface area contributed by atoms with Gasteiger partial charge in [0.05, 0.1) is 27.5 Å². The quantitative estimate of drug-likeness (QED) is 0.182. The van der Waals surface area contributed by atoms with Gasteiger partial charge in [-0.1, -0.05) is 103 Å². The highest BCUT2D eigenvalue weighted by atomic mass is 32.1. The topological polar surface area (TPSA) is 23.0 Å². The lowest BCUT2D eigenvalue weighted by Crippen LogP contribution is -1.97. The third kappa shape index (κ3) is 3.79. The number of nitrogens with zero attached hydrogens (tertiary/aromatic N) is 2. The molecule has 4 heteroatoms. The maximum absolute atomic E-state index is 6.69. The van der Waals surface area contributed by atoms with Crippen molar-refractivity contribution in [1.82, 2.24) is 9.13 Å². The fourth-order valence-corrected chi connectivity index (χ4v) is 9.91. The standard InChI is InChI=1S/C48H28N2OS/c1-5-19-40-33(13-1)34-14-2-6-20-41(34)49(40)31-23-24-39-43(28-31)50(42-26-25-37-35-15-3-7-21-44(35)51-47(37)46(39)42)30-12-9-11-29(27-30)32-17-10-18-38-36-16-4-8-22-45(36)52-48(32)38/h1-28H. The van der Waals surface area contributed by atoms with Crippen molar-refractivity contribution in [3.05, 3.63) is 170 Å². The van der Waals surface area contributed by atoms with Crippen molar-refractivity contribution in [2.75, 3.05) is 0 Å². The summed E-state index contributed by atoms with van der Waals surface area (Å²) in [5.41, 5.74) is 11.2. The van der Waals surface area contributed by atoms with Gasteiger partial charge < -0.3 is 13.6 Å². The Bertz CT molecular complexity index is 3370. The molecule has 0 fully saturated rings. The number of para-hydroxylation sites is 3. The normalized spacial score (nSPS) is 12.2. The van der Waals surface area contributed by atoms with Crippen LogP contribution in [0.15, 0.2) is 174 Å². The average Bonchev–Trinajstić information content (AvgIpc) is 3.95. The Balaban J connectivity index is 1.17. The van der Waals surface area contributed by atoms with Crippen molar-refractivity contribution in [2.24, 2.45) is 0 Å². The minimum atomic E-state index is 0.909. The van der Waals surface area contributed by atoms with Crippen LogP contribution in [0.1, 0.15) is 0 Å². The molecule has 0 saturated heterocycles. The molecule has 0 aliphatic heterocycles. The van der Waals surface area contributed by atoms with Crippen LogP contribution in [-0.4, -0.2) is 9.13 Å². The SMILES string of the molecule is c1cc(-c2cccc3c2sc2ccccc23)cc(-n2c3cc(-n4c5ccccc5c5ccccc54)ccc3c3c4oc5ccccc5c4ccc32)c1. The van der Waals surface area contributed by atoms with E-state index in [2.05, 4.69) is 173 Å². The van der Waals surface area contributed by atoms with Crippen LogP contribution in [0.5, 0.6) is 0 Å². The van der Waals surface area contributed by atoms with Crippen LogP contribution in [0.4, 0.5) is 0 Å². The summed E-state index contributed by atoms with van der Waals surface area (Å²) in [7, 11) is 0. The first-order valence-corrected chi connectivity index (χ1v) is 18.5. The van der Waals surface area contributed by atoms with Gasteiger partial charge in [-0.05, 0) is 77.9 Å². The molecular weight excluding hydrogens is 653 g/mol. The second kappa shape index (κ2) is 10.5. The van der Waals surface area contributed by atoms with Crippen molar-refractivity contribution in [2.45, 2.75) is 0 Å². The predicted molar refractivity (Wildman–Crippen MR) is 221 cm³/mol. The molecule has 0 unspecified atom stereocenters. The number of hydrogen-bond acceptors (Lipinski definition) is 2. The molecule has 12 rings (SSSR count). The molecule has 12 aromatic rings. The van der Waals surface area contributed by atoms with Crippen molar-refractivity contribution < 1.29 is 4.42 Å². The van der Waals surface area contributed by atoms with Gasteiger partial charge in [0.2, 0.25) is 0 Å². The summed E-state index contributed by atoms with van der Waals surface area (Å²) in [6, 6.07) is 61.7. The Morgan fingerprint density at radius 2 is 1.06 bits per heavy atom. The Hall–Kier alpha value is -6.62. The molecule has 4 aromatic heterocycles. The van der Waals surface area contributed by atoms with E-state index in [4.69, 9.17) is 4.42 Å². The maximum Gasteiger partial charge on any atom is 0.145 e. The van der Waals surface area contributed by atoms with Crippen LogP contribution in [-0.2, 0) is 0 Å². The highest BCUT2D eigenvalue weighted by molar-refractivity contribution is 7.26. The van der Waals surface area contributed by atoms with E-state index in [1.54, 1.807) is 0 Å². The summed E-state index contributed by atoms with van der Waals surface area (Å²) in [6.45, 7) is 0. The van der Waals surface area contributed by atoms with Gasteiger partial charge in [0.15, 0.2) is 0 Å². The number of aromatic nitrogens is 2. The van der Waals surface area contributed by atoms with Crippen LogP contribution in [0.25, 0.3) is 108 Å². The zero-order valence-corrected chi connectivity index (χ0v) is 28.7. The first-order valence-electron chi connectivity index (χ1n) is 17.7. The van der Waals surface area contributed by atoms with Crippen molar-refractivity contribution in [3.8, 4) is 22.5 Å². The van der Waals surface area contributed by atoms with Crippen LogP contribution < -0.4 is 0 Å². The molecular formula is C48H28N2OS. The molecule has 0 bridgehead atoms. The number of rotatable bonds is 3. The number of furan rings is 1. The van der Waals surface area contributed by atoms with Crippen LogP contribution >= 0.6 is 11.3 Å². The largest absolute Gasteiger partial charge is 0.455 e. The van der Waals surface area contributed by atoms with Crippen molar-refractivity contribution >= 4 is 97.1 Å². The van der Waals surface area contributed by atoms with Gasteiger partial charge in [0.1, 0.15) is 11.2 Å². The molecule has 0 amide bonds. The van der Waals surface area contributed by atoms with Gasteiger partial charge in [-0.25, -0.2) is 0 Å². The fraction of sp³-hybridized carbons (Fsp3) is 0. The summed E-state index contributed by atoms with van der Waals surface area (Å²) in [6.07, 6.45) is 0. The van der Waals surface area contributed by atoms with E-state index < -0.39 is 0 Å². The van der Waals surface area contributed by atoms with E-state index in [9.17, 15) is 0 Å². The molecule has 0 aliphatic rings. The van der Waals surface area contributed by atoms with E-state index >= 15 is 0 Å². The molecule has 52 heavy (non-hydrogen) atoms. The highest BCUT2D eigenvalue weighted by Crippen LogP contribution is 2.44. The molecule has 8 aromatic carbocycles. The minimum absolute atomic E-state index is 0.909.